The summed E-state index contributed by atoms with van der Waals surface area (Å²) in [5, 5.41) is 4.45. The molecule has 0 aliphatic heterocycles. The zero-order valence-electron chi connectivity index (χ0n) is 9.73. The number of hydrogen-bond donors (Lipinski definition) is 3. The second-order valence-corrected chi connectivity index (χ2v) is 3.86. The molecule has 0 bridgehead atoms. The van der Waals surface area contributed by atoms with Gasteiger partial charge in [0.1, 0.15) is 18.3 Å². The van der Waals surface area contributed by atoms with Gasteiger partial charge in [-0.05, 0) is 12.1 Å². The summed E-state index contributed by atoms with van der Waals surface area (Å²) >= 11 is 6.13. The summed E-state index contributed by atoms with van der Waals surface area (Å²) in [6.45, 7) is 0. The molecule has 19 heavy (non-hydrogen) atoms. The first-order valence-corrected chi connectivity index (χ1v) is 5.53. The van der Waals surface area contributed by atoms with E-state index in [-0.39, 0.29) is 11.9 Å². The molecule has 0 radical (unpaired) electrons. The topological polar surface area (TPSA) is 133 Å². The van der Waals surface area contributed by atoms with Crippen LogP contribution in [0.2, 0.25) is 5.02 Å². The predicted molar refractivity (Wildman–Crippen MR) is 73.5 cm³/mol. The smallest absolute Gasteiger partial charge is 0.223 e. The number of aromatic nitrogens is 3. The molecule has 1 aromatic heterocycles. The minimum Gasteiger partial charge on any atom is -0.370 e. The molecule has 2 rings (SSSR count). The summed E-state index contributed by atoms with van der Waals surface area (Å²) in [6, 6.07) is 5.14. The second-order valence-electron chi connectivity index (χ2n) is 3.45. The van der Waals surface area contributed by atoms with Gasteiger partial charge in [0.05, 0.1) is 10.7 Å². The molecule has 98 valence electrons. The van der Waals surface area contributed by atoms with Crippen molar-refractivity contribution in [3.05, 3.63) is 35.9 Å². The highest BCUT2D eigenvalue weighted by Crippen LogP contribution is 2.29. The van der Waals surface area contributed by atoms with E-state index < -0.39 is 0 Å². The standard InChI is InChI=1S/C10H11ClN8/c11-6-2-1-3-7(17-10(14)18-9(12)13)8(6)19-5-15-4-16-19/h1-5H,(H6,12,13,14,17,18). The van der Waals surface area contributed by atoms with Crippen molar-refractivity contribution in [3.8, 4) is 5.69 Å². The Balaban J connectivity index is 2.53. The Morgan fingerprint density at radius 3 is 2.68 bits per heavy atom. The van der Waals surface area contributed by atoms with Crippen molar-refractivity contribution in [1.82, 2.24) is 14.8 Å². The molecule has 8 nitrogen and oxygen atoms in total. The first-order chi connectivity index (χ1) is 9.08. The van der Waals surface area contributed by atoms with Crippen LogP contribution in [0.15, 0.2) is 40.8 Å². The van der Waals surface area contributed by atoms with E-state index in [1.165, 1.54) is 17.3 Å². The Kier molecular flexibility index (Phi) is 3.62. The molecule has 0 aliphatic rings. The van der Waals surface area contributed by atoms with Gasteiger partial charge in [-0.2, -0.15) is 10.1 Å². The number of nitrogens with two attached hydrogens (primary N) is 3. The molecular weight excluding hydrogens is 268 g/mol. The lowest BCUT2D eigenvalue weighted by molar-refractivity contribution is 0.879. The van der Waals surface area contributed by atoms with Gasteiger partial charge in [0.2, 0.25) is 5.96 Å². The Labute approximate surface area is 113 Å². The molecule has 0 fully saturated rings. The lowest BCUT2D eigenvalue weighted by atomic mass is 10.2. The molecule has 6 N–H and O–H groups in total. The van der Waals surface area contributed by atoms with Crippen LogP contribution < -0.4 is 17.2 Å². The third kappa shape index (κ3) is 2.99. The van der Waals surface area contributed by atoms with E-state index in [0.717, 1.165) is 0 Å². The molecule has 0 aliphatic carbocycles. The molecule has 2 aromatic rings. The maximum absolute atomic E-state index is 6.13. The first-order valence-electron chi connectivity index (χ1n) is 5.15. The van der Waals surface area contributed by atoms with Crippen LogP contribution in [0.1, 0.15) is 0 Å². The fourth-order valence-electron chi connectivity index (χ4n) is 1.43. The van der Waals surface area contributed by atoms with Crippen LogP contribution in [0.3, 0.4) is 0 Å². The summed E-state index contributed by atoms with van der Waals surface area (Å²) in [5.41, 5.74) is 17.0. The van der Waals surface area contributed by atoms with E-state index in [0.29, 0.717) is 16.4 Å². The number of guanidine groups is 2. The summed E-state index contributed by atoms with van der Waals surface area (Å²) in [7, 11) is 0. The van der Waals surface area contributed by atoms with Crippen molar-refractivity contribution >= 4 is 29.2 Å². The molecule has 1 heterocycles. The van der Waals surface area contributed by atoms with Crippen molar-refractivity contribution < 1.29 is 0 Å². The summed E-state index contributed by atoms with van der Waals surface area (Å²) in [5.74, 6) is -0.255. The van der Waals surface area contributed by atoms with E-state index >= 15 is 0 Å². The Bertz CT molecular complexity index is 627. The van der Waals surface area contributed by atoms with Crippen molar-refractivity contribution in [2.24, 2.45) is 27.2 Å². The van der Waals surface area contributed by atoms with Gasteiger partial charge >= 0.3 is 0 Å². The van der Waals surface area contributed by atoms with Crippen molar-refractivity contribution in [1.29, 1.82) is 0 Å². The number of benzene rings is 1. The van der Waals surface area contributed by atoms with E-state index in [9.17, 15) is 0 Å². The van der Waals surface area contributed by atoms with E-state index in [4.69, 9.17) is 28.8 Å². The summed E-state index contributed by atoms with van der Waals surface area (Å²) < 4.78 is 1.48. The van der Waals surface area contributed by atoms with Crippen LogP contribution in [0.5, 0.6) is 0 Å². The van der Waals surface area contributed by atoms with Crippen LogP contribution in [0, 0.1) is 0 Å². The lowest BCUT2D eigenvalue weighted by Crippen LogP contribution is -2.26. The van der Waals surface area contributed by atoms with Gasteiger partial charge in [0.25, 0.3) is 0 Å². The summed E-state index contributed by atoms with van der Waals surface area (Å²) in [6.07, 6.45) is 2.88. The molecule has 9 heteroatoms. The average molecular weight is 279 g/mol. The third-order valence-corrected chi connectivity index (χ3v) is 2.40. The maximum Gasteiger partial charge on any atom is 0.223 e. The van der Waals surface area contributed by atoms with E-state index in [2.05, 4.69) is 20.1 Å². The van der Waals surface area contributed by atoms with Gasteiger partial charge in [-0.25, -0.2) is 14.7 Å². The van der Waals surface area contributed by atoms with Crippen molar-refractivity contribution in [2.75, 3.05) is 0 Å². The largest absolute Gasteiger partial charge is 0.370 e. The first kappa shape index (κ1) is 12.8. The van der Waals surface area contributed by atoms with Crippen molar-refractivity contribution in [2.45, 2.75) is 0 Å². The van der Waals surface area contributed by atoms with E-state index in [1.54, 1.807) is 18.2 Å². The molecular formula is C10H11ClN8. The second kappa shape index (κ2) is 5.36. The maximum atomic E-state index is 6.13. The molecule has 0 saturated carbocycles. The molecule has 1 aromatic carbocycles. The van der Waals surface area contributed by atoms with Gasteiger partial charge in [-0.3, -0.25) is 0 Å². The third-order valence-electron chi connectivity index (χ3n) is 2.09. The van der Waals surface area contributed by atoms with Crippen molar-refractivity contribution in [3.63, 3.8) is 0 Å². The molecule has 0 amide bonds. The zero-order chi connectivity index (χ0) is 13.8. The Hall–Kier alpha value is -2.61. The van der Waals surface area contributed by atoms with E-state index in [1.807, 2.05) is 0 Å². The number of hydrogen-bond acceptors (Lipinski definition) is 3. The fraction of sp³-hybridized carbons (Fsp3) is 0. The predicted octanol–water partition coefficient (Wildman–Crippen LogP) is 0.140. The normalized spacial score (nSPS) is 11.3. The highest BCUT2D eigenvalue weighted by atomic mass is 35.5. The SMILES string of the molecule is NC(N)=NC(N)=Nc1cccc(Cl)c1-n1cncn1. The van der Waals surface area contributed by atoms with Gasteiger partial charge in [0, 0.05) is 0 Å². The Morgan fingerprint density at radius 1 is 1.26 bits per heavy atom. The minimum absolute atomic E-state index is 0.0800. The van der Waals surface area contributed by atoms with Gasteiger partial charge in [-0.1, -0.05) is 17.7 Å². The highest BCUT2D eigenvalue weighted by molar-refractivity contribution is 6.33. The number of rotatable bonds is 2. The van der Waals surface area contributed by atoms with Gasteiger partial charge < -0.3 is 17.2 Å². The highest BCUT2D eigenvalue weighted by Gasteiger charge is 2.09. The number of halogens is 1. The monoisotopic (exact) mass is 278 g/mol. The fourth-order valence-corrected chi connectivity index (χ4v) is 1.68. The molecule has 0 atom stereocenters. The molecule has 0 spiro atoms. The number of para-hydroxylation sites is 1. The van der Waals surface area contributed by atoms with Crippen LogP contribution in [0.25, 0.3) is 5.69 Å². The quantitative estimate of drug-likeness (QED) is 0.531. The average Bonchev–Trinajstić information content (AvgIpc) is 2.81. The zero-order valence-corrected chi connectivity index (χ0v) is 10.5. The van der Waals surface area contributed by atoms with Crippen LogP contribution >= 0.6 is 11.6 Å². The minimum atomic E-state index is -0.175. The lowest BCUT2D eigenvalue weighted by Gasteiger charge is -2.07. The van der Waals surface area contributed by atoms with Crippen LogP contribution in [-0.2, 0) is 0 Å². The number of aliphatic imine (C=N–C) groups is 2. The molecule has 0 saturated heterocycles. The van der Waals surface area contributed by atoms with Crippen LogP contribution in [0.4, 0.5) is 5.69 Å². The van der Waals surface area contributed by atoms with Crippen LogP contribution in [-0.4, -0.2) is 26.7 Å². The Morgan fingerprint density at radius 2 is 2.05 bits per heavy atom. The summed E-state index contributed by atoms with van der Waals surface area (Å²) in [4.78, 5) is 11.6. The van der Waals surface area contributed by atoms with Gasteiger partial charge in [0.15, 0.2) is 5.96 Å². The number of nitrogens with zero attached hydrogens (tertiary/aromatic N) is 5. The molecule has 0 unspecified atom stereocenters. The van der Waals surface area contributed by atoms with Gasteiger partial charge in [-0.15, -0.1) is 0 Å².